The Morgan fingerprint density at radius 1 is 0.316 bits per heavy atom. The van der Waals surface area contributed by atoms with E-state index in [4.69, 9.17) is 0 Å². The molecule has 0 saturated heterocycles. The van der Waals surface area contributed by atoms with Crippen LogP contribution in [-0.2, 0) is 10.8 Å². The van der Waals surface area contributed by atoms with Gasteiger partial charge in [-0.15, -0.1) is 0 Å². The second-order valence-electron chi connectivity index (χ2n) is 16.4. The van der Waals surface area contributed by atoms with Crippen LogP contribution in [0.3, 0.4) is 0 Å². The minimum atomic E-state index is -0.506. The van der Waals surface area contributed by atoms with Gasteiger partial charge in [-0.1, -0.05) is 220 Å². The van der Waals surface area contributed by atoms with Gasteiger partial charge in [0, 0.05) is 11.3 Å². The predicted octanol–water partition coefficient (Wildman–Crippen LogP) is 14.4. The van der Waals surface area contributed by atoms with E-state index in [0.29, 0.717) is 0 Å². The molecule has 0 fully saturated rings. The summed E-state index contributed by atoms with van der Waals surface area (Å²) < 4.78 is 0. The summed E-state index contributed by atoms with van der Waals surface area (Å²) >= 11 is 0. The first-order valence-corrected chi connectivity index (χ1v) is 20.2. The zero-order valence-electron chi connectivity index (χ0n) is 32.3. The van der Waals surface area contributed by atoms with Gasteiger partial charge in [-0.25, -0.2) is 0 Å². The maximum Gasteiger partial charge on any atom is 0.0713 e. The van der Waals surface area contributed by atoms with Gasteiger partial charge in [0.2, 0.25) is 0 Å². The van der Waals surface area contributed by atoms with Crippen LogP contribution in [0.1, 0.15) is 69.8 Å². The van der Waals surface area contributed by atoms with Crippen molar-refractivity contribution in [2.45, 2.75) is 30.6 Å². The summed E-state index contributed by atoms with van der Waals surface area (Å²) in [5.74, 6) is 0.0116. The highest BCUT2D eigenvalue weighted by Gasteiger charge is 2.46. The Labute approximate surface area is 335 Å². The number of benzene rings is 9. The molecule has 0 heterocycles. The highest BCUT2D eigenvalue weighted by atomic mass is 14.5. The molecule has 2 aliphatic carbocycles. The molecule has 0 nitrogen and oxygen atoms in total. The molecule has 0 bridgehead atoms. The fourth-order valence-electron chi connectivity index (χ4n) is 10.4. The van der Waals surface area contributed by atoms with E-state index < -0.39 is 5.41 Å². The highest BCUT2D eigenvalue weighted by molar-refractivity contribution is 5.90. The number of hydrogen-bond acceptors (Lipinski definition) is 0. The molecule has 0 aromatic heterocycles. The van der Waals surface area contributed by atoms with E-state index in [2.05, 4.69) is 226 Å². The molecule has 1 atom stereocenters. The maximum absolute atomic E-state index is 2.56. The van der Waals surface area contributed by atoms with Gasteiger partial charge in [-0.05, 0) is 100 Å². The van der Waals surface area contributed by atoms with Crippen LogP contribution in [0.2, 0.25) is 0 Å². The van der Waals surface area contributed by atoms with Crippen molar-refractivity contribution in [2.75, 3.05) is 0 Å². The molecule has 0 saturated carbocycles. The lowest BCUT2D eigenvalue weighted by atomic mass is 9.67. The second-order valence-corrected chi connectivity index (χ2v) is 16.4. The molecule has 0 amide bonds. The van der Waals surface area contributed by atoms with Crippen molar-refractivity contribution in [3.8, 4) is 33.4 Å². The topological polar surface area (TPSA) is 0 Å². The van der Waals surface area contributed by atoms with Crippen molar-refractivity contribution >= 4 is 10.8 Å². The predicted molar refractivity (Wildman–Crippen MR) is 238 cm³/mol. The van der Waals surface area contributed by atoms with Crippen molar-refractivity contribution in [1.82, 2.24) is 0 Å². The molecule has 57 heavy (non-hydrogen) atoms. The summed E-state index contributed by atoms with van der Waals surface area (Å²) in [6, 6.07) is 79.8. The van der Waals surface area contributed by atoms with Crippen LogP contribution in [0.5, 0.6) is 0 Å². The lowest BCUT2D eigenvalue weighted by Crippen LogP contribution is -2.28. The number of rotatable bonds is 6. The molecule has 1 unspecified atom stereocenters. The van der Waals surface area contributed by atoms with Crippen molar-refractivity contribution < 1.29 is 0 Å². The van der Waals surface area contributed by atoms with Gasteiger partial charge in [0.15, 0.2) is 0 Å². The average Bonchev–Trinajstić information content (AvgIpc) is 3.69. The third-order valence-electron chi connectivity index (χ3n) is 13.1. The minimum absolute atomic E-state index is 0.0116. The Balaban J connectivity index is 1.18. The van der Waals surface area contributed by atoms with E-state index in [0.717, 1.165) is 0 Å². The summed E-state index contributed by atoms with van der Waals surface area (Å²) in [5.41, 5.74) is 19.1. The maximum atomic E-state index is 2.56. The monoisotopic (exact) mass is 726 g/mol. The van der Waals surface area contributed by atoms with Gasteiger partial charge in [-0.3, -0.25) is 0 Å². The Morgan fingerprint density at radius 3 is 1.54 bits per heavy atom. The van der Waals surface area contributed by atoms with Gasteiger partial charge >= 0.3 is 0 Å². The smallest absolute Gasteiger partial charge is 0.0622 e. The standard InChI is InChI=1S/C57H42/c1-56(2)51-25-15-14-24-47(51)48-31-28-43(36-53(48)56)55(42-27-26-39-18-12-13-19-40(39)34-42)44-29-32-49-50-35-41(38-16-6-3-7-17-38)30-33-52(50)57(54(49)37-44,45-20-8-4-9-21-45)46-22-10-5-11-23-46/h3-37,55H,1-2H3. The molecular formula is C57H42. The molecule has 2 aliphatic rings. The van der Waals surface area contributed by atoms with Gasteiger partial charge < -0.3 is 0 Å². The van der Waals surface area contributed by atoms with Crippen LogP contribution >= 0.6 is 0 Å². The van der Waals surface area contributed by atoms with E-state index in [1.165, 1.54) is 94.2 Å². The molecule has 11 rings (SSSR count). The molecule has 0 radical (unpaired) electrons. The number of fused-ring (bicyclic) bond motifs is 7. The molecule has 9 aromatic rings. The van der Waals surface area contributed by atoms with Crippen LogP contribution in [0.15, 0.2) is 212 Å². The van der Waals surface area contributed by atoms with Gasteiger partial charge in [-0.2, -0.15) is 0 Å². The first-order valence-electron chi connectivity index (χ1n) is 20.2. The highest BCUT2D eigenvalue weighted by Crippen LogP contribution is 2.58. The summed E-state index contributed by atoms with van der Waals surface area (Å²) in [6.45, 7) is 4.77. The van der Waals surface area contributed by atoms with Crippen LogP contribution in [0.25, 0.3) is 44.2 Å². The molecule has 270 valence electrons. The zero-order valence-corrected chi connectivity index (χ0v) is 32.3. The van der Waals surface area contributed by atoms with Crippen molar-refractivity contribution in [3.05, 3.63) is 262 Å². The quantitative estimate of drug-likeness (QED) is 0.150. The average molecular weight is 727 g/mol. The third kappa shape index (κ3) is 5.07. The first kappa shape index (κ1) is 33.6. The summed E-state index contributed by atoms with van der Waals surface area (Å²) in [4.78, 5) is 0. The molecule has 0 N–H and O–H groups in total. The Morgan fingerprint density at radius 2 is 0.842 bits per heavy atom. The zero-order chi connectivity index (χ0) is 38.1. The molecule has 0 spiro atoms. The van der Waals surface area contributed by atoms with E-state index >= 15 is 0 Å². The Bertz CT molecular complexity index is 2930. The van der Waals surface area contributed by atoms with Crippen LogP contribution in [-0.4, -0.2) is 0 Å². The largest absolute Gasteiger partial charge is 0.0713 e. The van der Waals surface area contributed by atoms with E-state index in [1.54, 1.807) is 0 Å². The summed E-state index contributed by atoms with van der Waals surface area (Å²) in [5, 5.41) is 2.52. The SMILES string of the molecule is CC1(C)c2ccccc2-c2ccc(C(c3ccc4c(c3)C(c3ccccc3)(c3ccccc3)c3ccc(-c5ccccc5)cc3-4)c3ccc4ccccc4c3)cc21. The Hall–Kier alpha value is -6.76. The van der Waals surface area contributed by atoms with E-state index in [-0.39, 0.29) is 11.3 Å². The lowest BCUT2D eigenvalue weighted by Gasteiger charge is -2.34. The van der Waals surface area contributed by atoms with Crippen LogP contribution in [0, 0.1) is 0 Å². The normalized spacial score (nSPS) is 14.7. The minimum Gasteiger partial charge on any atom is -0.0622 e. The Kier molecular flexibility index (Phi) is 7.60. The molecule has 9 aromatic carbocycles. The molecular weight excluding hydrogens is 685 g/mol. The molecule has 0 aliphatic heterocycles. The fourth-order valence-corrected chi connectivity index (χ4v) is 10.4. The lowest BCUT2D eigenvalue weighted by molar-refractivity contribution is 0.659. The second kappa shape index (κ2) is 12.9. The van der Waals surface area contributed by atoms with E-state index in [1.807, 2.05) is 0 Å². The third-order valence-corrected chi connectivity index (χ3v) is 13.1. The van der Waals surface area contributed by atoms with E-state index in [9.17, 15) is 0 Å². The van der Waals surface area contributed by atoms with Crippen LogP contribution in [0.4, 0.5) is 0 Å². The summed E-state index contributed by atoms with van der Waals surface area (Å²) in [7, 11) is 0. The summed E-state index contributed by atoms with van der Waals surface area (Å²) in [6.07, 6.45) is 0. The van der Waals surface area contributed by atoms with Crippen molar-refractivity contribution in [1.29, 1.82) is 0 Å². The van der Waals surface area contributed by atoms with Gasteiger partial charge in [0.05, 0.1) is 5.41 Å². The van der Waals surface area contributed by atoms with Gasteiger partial charge in [0.25, 0.3) is 0 Å². The van der Waals surface area contributed by atoms with Gasteiger partial charge in [0.1, 0.15) is 0 Å². The van der Waals surface area contributed by atoms with Crippen molar-refractivity contribution in [3.63, 3.8) is 0 Å². The number of hydrogen-bond donors (Lipinski definition) is 0. The molecule has 0 heteroatoms. The fraction of sp³-hybridized carbons (Fsp3) is 0.0877. The first-order chi connectivity index (χ1) is 28.0. The van der Waals surface area contributed by atoms with Crippen molar-refractivity contribution in [2.24, 2.45) is 0 Å². The van der Waals surface area contributed by atoms with Crippen LogP contribution < -0.4 is 0 Å².